The average molecular weight is 265 g/mol. The van der Waals surface area contributed by atoms with Gasteiger partial charge in [-0.1, -0.05) is 0 Å². The summed E-state index contributed by atoms with van der Waals surface area (Å²) >= 11 is 0. The van der Waals surface area contributed by atoms with E-state index in [4.69, 9.17) is 4.42 Å². The maximum atomic E-state index is 11.6. The molecular weight excluding hydrogens is 254 g/mol. The number of sulfone groups is 1. The van der Waals surface area contributed by atoms with E-state index in [9.17, 15) is 13.2 Å². The molecule has 0 bridgehead atoms. The van der Waals surface area contributed by atoms with Crippen molar-refractivity contribution in [1.29, 1.82) is 0 Å². The number of amides is 1. The van der Waals surface area contributed by atoms with E-state index in [2.05, 4.69) is 5.32 Å². The Morgan fingerprint density at radius 2 is 1.83 bits per heavy atom. The highest BCUT2D eigenvalue weighted by Crippen LogP contribution is 2.14. The van der Waals surface area contributed by atoms with E-state index in [1.807, 2.05) is 0 Å². The summed E-state index contributed by atoms with van der Waals surface area (Å²) in [7, 11) is -3.22. The van der Waals surface area contributed by atoms with E-state index in [1.165, 1.54) is 30.5 Å². The predicted molar refractivity (Wildman–Crippen MR) is 66.2 cm³/mol. The molecule has 0 unspecified atom stereocenters. The first-order valence-electron chi connectivity index (χ1n) is 5.12. The minimum absolute atomic E-state index is 0.196. The molecule has 1 amide bonds. The van der Waals surface area contributed by atoms with Crippen molar-refractivity contribution in [3.8, 4) is 0 Å². The number of carbonyl (C=O) groups excluding carboxylic acids is 1. The van der Waals surface area contributed by atoms with Crippen molar-refractivity contribution in [1.82, 2.24) is 0 Å². The number of hydrogen-bond acceptors (Lipinski definition) is 4. The number of benzene rings is 1. The van der Waals surface area contributed by atoms with Crippen LogP contribution in [0.3, 0.4) is 0 Å². The standard InChI is InChI=1S/C12H11NO4S/c1-18(15,16)10-6-4-9(5-7-10)13-12(14)11-3-2-8-17-11/h2-8H,1H3,(H,13,14). The quantitative estimate of drug-likeness (QED) is 0.920. The monoisotopic (exact) mass is 265 g/mol. The fraction of sp³-hybridized carbons (Fsp3) is 0.0833. The normalized spacial score (nSPS) is 11.2. The van der Waals surface area contributed by atoms with Crippen LogP contribution in [0.1, 0.15) is 10.6 Å². The molecule has 0 aliphatic rings. The third kappa shape index (κ3) is 2.78. The second-order valence-corrected chi connectivity index (χ2v) is 5.74. The zero-order chi connectivity index (χ0) is 13.2. The third-order valence-corrected chi connectivity index (χ3v) is 3.41. The number of nitrogens with one attached hydrogen (secondary N) is 1. The highest BCUT2D eigenvalue weighted by molar-refractivity contribution is 7.90. The molecular formula is C12H11NO4S. The second-order valence-electron chi connectivity index (χ2n) is 3.73. The number of rotatable bonds is 3. The molecule has 1 aromatic carbocycles. The summed E-state index contributed by atoms with van der Waals surface area (Å²) in [5.74, 6) is -0.186. The zero-order valence-corrected chi connectivity index (χ0v) is 10.4. The molecule has 1 aromatic heterocycles. The van der Waals surface area contributed by atoms with Gasteiger partial charge in [0.1, 0.15) is 0 Å². The van der Waals surface area contributed by atoms with E-state index >= 15 is 0 Å². The summed E-state index contributed by atoms with van der Waals surface area (Å²) in [6.07, 6.45) is 2.53. The van der Waals surface area contributed by atoms with Crippen molar-refractivity contribution in [2.75, 3.05) is 11.6 Å². The van der Waals surface area contributed by atoms with Gasteiger partial charge in [-0.05, 0) is 36.4 Å². The first-order valence-corrected chi connectivity index (χ1v) is 7.01. The van der Waals surface area contributed by atoms with E-state index in [1.54, 1.807) is 12.1 Å². The summed E-state index contributed by atoms with van der Waals surface area (Å²) in [4.78, 5) is 11.8. The van der Waals surface area contributed by atoms with E-state index in [0.717, 1.165) is 6.26 Å². The SMILES string of the molecule is CS(=O)(=O)c1ccc(NC(=O)c2ccco2)cc1. The van der Waals surface area contributed by atoms with Gasteiger partial charge >= 0.3 is 0 Å². The molecule has 0 saturated heterocycles. The highest BCUT2D eigenvalue weighted by atomic mass is 32.2. The van der Waals surface area contributed by atoms with Crippen molar-refractivity contribution in [3.05, 3.63) is 48.4 Å². The lowest BCUT2D eigenvalue weighted by Crippen LogP contribution is -2.10. The van der Waals surface area contributed by atoms with Crippen LogP contribution in [0, 0.1) is 0 Å². The van der Waals surface area contributed by atoms with Crippen LogP contribution in [0.2, 0.25) is 0 Å². The van der Waals surface area contributed by atoms with Gasteiger partial charge in [-0.15, -0.1) is 0 Å². The smallest absolute Gasteiger partial charge is 0.291 e. The largest absolute Gasteiger partial charge is 0.459 e. The van der Waals surface area contributed by atoms with Gasteiger partial charge in [0.2, 0.25) is 0 Å². The second kappa shape index (κ2) is 4.66. The summed E-state index contributed by atoms with van der Waals surface area (Å²) in [6, 6.07) is 9.08. The van der Waals surface area contributed by atoms with E-state index in [0.29, 0.717) is 5.69 Å². The van der Waals surface area contributed by atoms with Gasteiger partial charge in [-0.3, -0.25) is 4.79 Å². The van der Waals surface area contributed by atoms with Crippen LogP contribution in [-0.4, -0.2) is 20.6 Å². The molecule has 0 radical (unpaired) electrons. The molecule has 0 aliphatic carbocycles. The molecule has 0 fully saturated rings. The number of anilines is 1. The Morgan fingerprint density at radius 3 is 2.33 bits per heavy atom. The molecule has 5 nitrogen and oxygen atoms in total. The highest BCUT2D eigenvalue weighted by Gasteiger charge is 2.10. The van der Waals surface area contributed by atoms with Crippen LogP contribution in [-0.2, 0) is 9.84 Å². The Bertz CT molecular complexity index is 642. The van der Waals surface area contributed by atoms with Gasteiger partial charge in [0.05, 0.1) is 11.2 Å². The molecule has 2 rings (SSSR count). The van der Waals surface area contributed by atoms with E-state index < -0.39 is 9.84 Å². The van der Waals surface area contributed by atoms with Crippen LogP contribution < -0.4 is 5.32 Å². The van der Waals surface area contributed by atoms with Crippen LogP contribution in [0.4, 0.5) is 5.69 Å². The van der Waals surface area contributed by atoms with Crippen molar-refractivity contribution in [2.45, 2.75) is 4.90 Å². The molecule has 18 heavy (non-hydrogen) atoms. The van der Waals surface area contributed by atoms with Crippen LogP contribution in [0.25, 0.3) is 0 Å². The van der Waals surface area contributed by atoms with Gasteiger partial charge in [0, 0.05) is 11.9 Å². The summed E-state index contributed by atoms with van der Waals surface area (Å²) in [5, 5.41) is 2.60. The maximum absolute atomic E-state index is 11.6. The Morgan fingerprint density at radius 1 is 1.17 bits per heavy atom. The molecule has 6 heteroatoms. The molecule has 0 aliphatic heterocycles. The van der Waals surface area contributed by atoms with Gasteiger partial charge < -0.3 is 9.73 Å². The average Bonchev–Trinajstić information content (AvgIpc) is 2.82. The van der Waals surface area contributed by atoms with Crippen molar-refractivity contribution in [3.63, 3.8) is 0 Å². The minimum atomic E-state index is -3.22. The Labute approximate surface area is 104 Å². The number of hydrogen-bond donors (Lipinski definition) is 1. The first-order chi connectivity index (χ1) is 8.47. The molecule has 0 spiro atoms. The minimum Gasteiger partial charge on any atom is -0.459 e. The van der Waals surface area contributed by atoms with Crippen molar-refractivity contribution >= 4 is 21.4 Å². The maximum Gasteiger partial charge on any atom is 0.291 e. The van der Waals surface area contributed by atoms with Gasteiger partial charge in [-0.2, -0.15) is 0 Å². The summed E-state index contributed by atoms with van der Waals surface area (Å²) in [6.45, 7) is 0. The Balaban J connectivity index is 2.14. The lowest BCUT2D eigenvalue weighted by molar-refractivity contribution is 0.0996. The summed E-state index contributed by atoms with van der Waals surface area (Å²) in [5.41, 5.74) is 0.504. The first kappa shape index (κ1) is 12.4. The topological polar surface area (TPSA) is 76.4 Å². The van der Waals surface area contributed by atoms with Crippen LogP contribution >= 0.6 is 0 Å². The predicted octanol–water partition coefficient (Wildman–Crippen LogP) is 1.94. The lowest BCUT2D eigenvalue weighted by Gasteiger charge is -2.04. The van der Waals surface area contributed by atoms with Gasteiger partial charge in [-0.25, -0.2) is 8.42 Å². The molecule has 0 saturated carbocycles. The van der Waals surface area contributed by atoms with Crippen molar-refractivity contribution in [2.24, 2.45) is 0 Å². The zero-order valence-electron chi connectivity index (χ0n) is 9.58. The molecule has 1 heterocycles. The molecule has 0 atom stereocenters. The summed E-state index contributed by atoms with van der Waals surface area (Å²) < 4.78 is 27.4. The Kier molecular flexibility index (Phi) is 3.20. The van der Waals surface area contributed by atoms with Gasteiger partial charge in [0.25, 0.3) is 5.91 Å². The Hall–Kier alpha value is -2.08. The van der Waals surface area contributed by atoms with E-state index in [-0.39, 0.29) is 16.6 Å². The molecule has 94 valence electrons. The third-order valence-electron chi connectivity index (χ3n) is 2.29. The van der Waals surface area contributed by atoms with Gasteiger partial charge in [0.15, 0.2) is 15.6 Å². The van der Waals surface area contributed by atoms with Crippen LogP contribution in [0.15, 0.2) is 52.0 Å². The molecule has 2 aromatic rings. The fourth-order valence-corrected chi connectivity index (χ4v) is 2.02. The molecule has 1 N–H and O–H groups in total. The number of carbonyl (C=O) groups is 1. The fourth-order valence-electron chi connectivity index (χ4n) is 1.39. The van der Waals surface area contributed by atoms with Crippen molar-refractivity contribution < 1.29 is 17.6 Å². The number of furan rings is 1. The lowest BCUT2D eigenvalue weighted by atomic mass is 10.3. The van der Waals surface area contributed by atoms with Crippen LogP contribution in [0.5, 0.6) is 0 Å².